The maximum atomic E-state index is 5.95. The molecule has 0 spiro atoms. The van der Waals surface area contributed by atoms with E-state index in [1.807, 2.05) is 12.1 Å². The van der Waals surface area contributed by atoms with Gasteiger partial charge in [-0.3, -0.25) is 4.90 Å². The van der Waals surface area contributed by atoms with Crippen molar-refractivity contribution in [1.29, 1.82) is 0 Å². The summed E-state index contributed by atoms with van der Waals surface area (Å²) in [7, 11) is 0. The van der Waals surface area contributed by atoms with Crippen molar-refractivity contribution in [3.63, 3.8) is 0 Å². The first-order valence-electron chi connectivity index (χ1n) is 8.81. The molecule has 1 aromatic carbocycles. The number of likely N-dealkylation sites (tertiary alicyclic amines) is 1. The van der Waals surface area contributed by atoms with Crippen molar-refractivity contribution in [2.75, 3.05) is 18.4 Å². The van der Waals surface area contributed by atoms with E-state index >= 15 is 0 Å². The molecule has 1 aliphatic carbocycles. The van der Waals surface area contributed by atoms with Crippen LogP contribution in [0, 0.1) is 0 Å². The van der Waals surface area contributed by atoms with Gasteiger partial charge in [0.25, 0.3) is 0 Å². The molecule has 0 unspecified atom stereocenters. The maximum Gasteiger partial charge on any atom is 0.129 e. The van der Waals surface area contributed by atoms with Crippen molar-refractivity contribution in [1.82, 2.24) is 14.9 Å². The standard InChI is InChI=1S/C19H23ClN4/c20-16-5-1-14(2-6-16)12-24-9-7-17(8-10-24)23-19-11-18(15-3-4-15)21-13-22-19/h1-2,5-6,11,13,15,17H,3-4,7-10,12H2,(H,21,22,23). The summed E-state index contributed by atoms with van der Waals surface area (Å²) in [6, 6.07) is 10.8. The van der Waals surface area contributed by atoms with E-state index in [0.717, 1.165) is 43.3 Å². The molecule has 1 aromatic heterocycles. The fraction of sp³-hybridized carbons (Fsp3) is 0.474. The van der Waals surface area contributed by atoms with E-state index in [1.54, 1.807) is 6.33 Å². The SMILES string of the molecule is Clc1ccc(CN2CCC(Nc3cc(C4CC4)ncn3)CC2)cc1. The van der Waals surface area contributed by atoms with Gasteiger partial charge in [0.1, 0.15) is 12.1 Å². The smallest absolute Gasteiger partial charge is 0.129 e. The van der Waals surface area contributed by atoms with Crippen LogP contribution in [0.25, 0.3) is 0 Å². The Labute approximate surface area is 148 Å². The predicted molar refractivity (Wildman–Crippen MR) is 97.4 cm³/mol. The molecule has 1 saturated carbocycles. The zero-order valence-electron chi connectivity index (χ0n) is 13.8. The number of hydrogen-bond donors (Lipinski definition) is 1. The minimum Gasteiger partial charge on any atom is -0.367 e. The topological polar surface area (TPSA) is 41.0 Å². The molecule has 0 amide bonds. The summed E-state index contributed by atoms with van der Waals surface area (Å²) in [6.45, 7) is 3.23. The van der Waals surface area contributed by atoms with Gasteiger partial charge in [0, 0.05) is 48.4 Å². The minimum atomic E-state index is 0.508. The van der Waals surface area contributed by atoms with Crippen molar-refractivity contribution in [3.8, 4) is 0 Å². The molecule has 1 aliphatic heterocycles. The number of nitrogens with one attached hydrogen (secondary N) is 1. The molecule has 2 aromatic rings. The van der Waals surface area contributed by atoms with E-state index in [9.17, 15) is 0 Å². The Bertz CT molecular complexity index is 676. The van der Waals surface area contributed by atoms with Crippen LogP contribution in [0.5, 0.6) is 0 Å². The molecule has 5 heteroatoms. The summed E-state index contributed by atoms with van der Waals surface area (Å²) in [5.41, 5.74) is 2.53. The first kappa shape index (κ1) is 15.9. The number of benzene rings is 1. The van der Waals surface area contributed by atoms with Crippen LogP contribution in [0.2, 0.25) is 5.02 Å². The Morgan fingerprint density at radius 3 is 2.50 bits per heavy atom. The van der Waals surface area contributed by atoms with Gasteiger partial charge in [-0.05, 0) is 43.4 Å². The number of aromatic nitrogens is 2. The van der Waals surface area contributed by atoms with E-state index < -0.39 is 0 Å². The largest absolute Gasteiger partial charge is 0.367 e. The second-order valence-corrected chi connectivity index (χ2v) is 7.36. The van der Waals surface area contributed by atoms with E-state index in [-0.39, 0.29) is 0 Å². The number of nitrogens with zero attached hydrogens (tertiary/aromatic N) is 3. The van der Waals surface area contributed by atoms with Crippen molar-refractivity contribution in [3.05, 3.63) is 52.9 Å². The molecule has 2 fully saturated rings. The van der Waals surface area contributed by atoms with Gasteiger partial charge in [-0.1, -0.05) is 23.7 Å². The highest BCUT2D eigenvalue weighted by molar-refractivity contribution is 6.30. The first-order chi connectivity index (χ1) is 11.8. The van der Waals surface area contributed by atoms with Gasteiger partial charge in [0.15, 0.2) is 0 Å². The predicted octanol–water partition coefficient (Wildman–Crippen LogP) is 4.08. The normalized spacial score (nSPS) is 19.4. The van der Waals surface area contributed by atoms with Crippen molar-refractivity contribution in [2.24, 2.45) is 0 Å². The fourth-order valence-electron chi connectivity index (χ4n) is 3.35. The first-order valence-corrected chi connectivity index (χ1v) is 9.19. The lowest BCUT2D eigenvalue weighted by atomic mass is 10.0. The van der Waals surface area contributed by atoms with E-state index in [4.69, 9.17) is 11.6 Å². The van der Waals surface area contributed by atoms with Gasteiger partial charge < -0.3 is 5.32 Å². The molecule has 2 aliphatic rings. The van der Waals surface area contributed by atoms with Gasteiger partial charge in [-0.25, -0.2) is 9.97 Å². The molecule has 1 N–H and O–H groups in total. The van der Waals surface area contributed by atoms with Crippen LogP contribution in [0.4, 0.5) is 5.82 Å². The van der Waals surface area contributed by atoms with Gasteiger partial charge >= 0.3 is 0 Å². The van der Waals surface area contributed by atoms with E-state index in [0.29, 0.717) is 12.0 Å². The molecule has 2 heterocycles. The third-order valence-corrected chi connectivity index (χ3v) is 5.19. The molecule has 0 atom stereocenters. The average molecular weight is 343 g/mol. The Kier molecular flexibility index (Phi) is 4.67. The summed E-state index contributed by atoms with van der Waals surface area (Å²) >= 11 is 5.95. The van der Waals surface area contributed by atoms with Gasteiger partial charge in [-0.2, -0.15) is 0 Å². The number of anilines is 1. The lowest BCUT2D eigenvalue weighted by molar-refractivity contribution is 0.211. The third kappa shape index (κ3) is 4.05. The van der Waals surface area contributed by atoms with E-state index in [1.165, 1.54) is 24.1 Å². The highest BCUT2D eigenvalue weighted by Crippen LogP contribution is 2.39. The second-order valence-electron chi connectivity index (χ2n) is 6.92. The Hall–Kier alpha value is -1.65. The zero-order chi connectivity index (χ0) is 16.4. The highest BCUT2D eigenvalue weighted by atomic mass is 35.5. The van der Waals surface area contributed by atoms with Crippen molar-refractivity contribution < 1.29 is 0 Å². The lowest BCUT2D eigenvalue weighted by Crippen LogP contribution is -2.38. The highest BCUT2D eigenvalue weighted by Gasteiger charge is 2.26. The number of hydrogen-bond acceptors (Lipinski definition) is 4. The van der Waals surface area contributed by atoms with Gasteiger partial charge in [0.2, 0.25) is 0 Å². The molecule has 24 heavy (non-hydrogen) atoms. The van der Waals surface area contributed by atoms with Gasteiger partial charge in [0.05, 0.1) is 0 Å². The van der Waals surface area contributed by atoms with Crippen LogP contribution in [0.15, 0.2) is 36.7 Å². The summed E-state index contributed by atoms with van der Waals surface area (Å²) < 4.78 is 0. The monoisotopic (exact) mass is 342 g/mol. The third-order valence-electron chi connectivity index (χ3n) is 4.94. The lowest BCUT2D eigenvalue weighted by Gasteiger charge is -2.32. The van der Waals surface area contributed by atoms with Crippen molar-refractivity contribution in [2.45, 2.75) is 44.2 Å². The average Bonchev–Trinajstić information content (AvgIpc) is 3.44. The number of rotatable bonds is 5. The summed E-state index contributed by atoms with van der Waals surface area (Å²) in [4.78, 5) is 11.3. The Balaban J connectivity index is 1.28. The maximum absolute atomic E-state index is 5.95. The summed E-state index contributed by atoms with van der Waals surface area (Å²) in [6.07, 6.45) is 6.55. The van der Waals surface area contributed by atoms with Crippen LogP contribution >= 0.6 is 11.6 Å². The van der Waals surface area contributed by atoms with Crippen LogP contribution in [0.3, 0.4) is 0 Å². The fourth-order valence-corrected chi connectivity index (χ4v) is 3.47. The van der Waals surface area contributed by atoms with Crippen LogP contribution < -0.4 is 5.32 Å². The van der Waals surface area contributed by atoms with Crippen LogP contribution in [-0.4, -0.2) is 34.0 Å². The van der Waals surface area contributed by atoms with Crippen LogP contribution in [0.1, 0.15) is 42.9 Å². The molecule has 4 nitrogen and oxygen atoms in total. The molecular formula is C19H23ClN4. The summed E-state index contributed by atoms with van der Waals surface area (Å²) in [5, 5.41) is 4.40. The molecule has 126 valence electrons. The molecule has 0 bridgehead atoms. The Morgan fingerprint density at radius 1 is 1.04 bits per heavy atom. The second kappa shape index (κ2) is 7.08. The quantitative estimate of drug-likeness (QED) is 0.888. The minimum absolute atomic E-state index is 0.508. The molecule has 0 radical (unpaired) electrons. The number of piperidine rings is 1. The van der Waals surface area contributed by atoms with Crippen LogP contribution in [-0.2, 0) is 6.54 Å². The Morgan fingerprint density at radius 2 is 1.79 bits per heavy atom. The van der Waals surface area contributed by atoms with E-state index in [2.05, 4.69) is 38.4 Å². The zero-order valence-corrected chi connectivity index (χ0v) is 14.5. The van der Waals surface area contributed by atoms with Crippen molar-refractivity contribution >= 4 is 17.4 Å². The van der Waals surface area contributed by atoms with Gasteiger partial charge in [-0.15, -0.1) is 0 Å². The molecular weight excluding hydrogens is 320 g/mol. The molecule has 4 rings (SSSR count). The number of halogens is 1. The molecule has 1 saturated heterocycles. The summed E-state index contributed by atoms with van der Waals surface area (Å²) in [5.74, 6) is 1.66.